The van der Waals surface area contributed by atoms with Crippen molar-refractivity contribution in [3.05, 3.63) is 29.8 Å². The fourth-order valence-corrected chi connectivity index (χ4v) is 5.57. The number of hydrogen-bond acceptors (Lipinski definition) is 6. The third kappa shape index (κ3) is 3.86. The molecular weight excluding hydrogens is 362 g/mol. The highest BCUT2D eigenvalue weighted by atomic mass is 32.2. The first-order chi connectivity index (χ1) is 13.0. The molecular formula is C20H27N3O3S. The zero-order valence-corrected chi connectivity index (χ0v) is 16.4. The van der Waals surface area contributed by atoms with Gasteiger partial charge in [-0.15, -0.1) is 0 Å². The fourth-order valence-electron chi connectivity index (χ4n) is 4.20. The zero-order valence-electron chi connectivity index (χ0n) is 15.5. The minimum absolute atomic E-state index is 0.106. The van der Waals surface area contributed by atoms with Crippen molar-refractivity contribution in [3.63, 3.8) is 0 Å². The molecule has 1 saturated carbocycles. The molecule has 1 amide bonds. The van der Waals surface area contributed by atoms with Crippen molar-refractivity contribution >= 4 is 28.5 Å². The number of anilines is 1. The molecule has 1 aliphatic carbocycles. The number of likely N-dealkylation sites (tertiary alicyclic amines) is 1. The number of amidine groups is 1. The van der Waals surface area contributed by atoms with Gasteiger partial charge in [0.15, 0.2) is 5.17 Å². The second-order valence-corrected chi connectivity index (χ2v) is 8.95. The van der Waals surface area contributed by atoms with E-state index in [0.29, 0.717) is 11.6 Å². The van der Waals surface area contributed by atoms with Crippen molar-refractivity contribution in [3.8, 4) is 0 Å². The zero-order chi connectivity index (χ0) is 19.0. The van der Waals surface area contributed by atoms with Gasteiger partial charge in [0, 0.05) is 24.0 Å². The lowest BCUT2D eigenvalue weighted by molar-refractivity contribution is -0.141. The van der Waals surface area contributed by atoms with Crippen LogP contribution in [0.2, 0.25) is 0 Å². The molecule has 3 aliphatic rings. The molecule has 4 rings (SSSR count). The largest absolute Gasteiger partial charge is 0.390 e. The van der Waals surface area contributed by atoms with E-state index in [1.807, 2.05) is 36.1 Å². The van der Waals surface area contributed by atoms with Crippen molar-refractivity contribution in [2.45, 2.75) is 56.1 Å². The highest BCUT2D eigenvalue weighted by Crippen LogP contribution is 2.42. The highest BCUT2D eigenvalue weighted by molar-refractivity contribution is 8.15. The Hall–Kier alpha value is -1.57. The van der Waals surface area contributed by atoms with Crippen LogP contribution >= 0.6 is 11.8 Å². The predicted molar refractivity (Wildman–Crippen MR) is 108 cm³/mol. The molecule has 0 radical (unpaired) electrons. The monoisotopic (exact) mass is 389 g/mol. The fraction of sp³-hybridized carbons (Fsp3) is 0.600. The molecule has 0 aromatic heterocycles. The van der Waals surface area contributed by atoms with Gasteiger partial charge in [-0.1, -0.05) is 29.5 Å². The van der Waals surface area contributed by atoms with Crippen LogP contribution in [0.1, 0.15) is 31.2 Å². The molecule has 27 heavy (non-hydrogen) atoms. The number of carbonyl (C=O) groups is 1. The topological polar surface area (TPSA) is 85.2 Å². The van der Waals surface area contributed by atoms with Crippen LogP contribution in [0.4, 0.5) is 5.69 Å². The van der Waals surface area contributed by atoms with Crippen LogP contribution < -0.4 is 5.32 Å². The van der Waals surface area contributed by atoms with Gasteiger partial charge in [-0.2, -0.15) is 0 Å². The van der Waals surface area contributed by atoms with E-state index in [-0.39, 0.29) is 17.1 Å². The molecule has 0 spiro atoms. The van der Waals surface area contributed by atoms with Gasteiger partial charge in [0.25, 0.3) is 0 Å². The van der Waals surface area contributed by atoms with E-state index >= 15 is 0 Å². The number of hydrogen-bond donors (Lipinski definition) is 3. The summed E-state index contributed by atoms with van der Waals surface area (Å²) in [5, 5.41) is 24.7. The summed E-state index contributed by atoms with van der Waals surface area (Å²) in [6.45, 7) is 3.63. The Bertz CT molecular complexity index is 718. The molecule has 1 aromatic rings. The summed E-state index contributed by atoms with van der Waals surface area (Å²) in [5.74, 6) is -0.201. The summed E-state index contributed by atoms with van der Waals surface area (Å²) in [7, 11) is 0. The van der Waals surface area contributed by atoms with Gasteiger partial charge in [-0.3, -0.25) is 9.79 Å². The molecule has 6 nitrogen and oxygen atoms in total. The van der Waals surface area contributed by atoms with Gasteiger partial charge in [0.05, 0.1) is 18.1 Å². The number of piperidine rings is 1. The van der Waals surface area contributed by atoms with Crippen molar-refractivity contribution in [1.82, 2.24) is 4.90 Å². The van der Waals surface area contributed by atoms with E-state index < -0.39 is 18.2 Å². The summed E-state index contributed by atoms with van der Waals surface area (Å²) >= 11 is 1.52. The van der Waals surface area contributed by atoms with Crippen LogP contribution in [-0.4, -0.2) is 62.8 Å². The molecule has 2 aliphatic heterocycles. The summed E-state index contributed by atoms with van der Waals surface area (Å²) in [6.07, 6.45) is 1.73. The van der Waals surface area contributed by atoms with Gasteiger partial charge in [-0.25, -0.2) is 0 Å². The Kier molecular flexibility index (Phi) is 5.43. The molecule has 1 aromatic carbocycles. The molecule has 5 unspecified atom stereocenters. The average Bonchev–Trinajstić information content (AvgIpc) is 3.10. The minimum Gasteiger partial charge on any atom is -0.390 e. The van der Waals surface area contributed by atoms with Gasteiger partial charge in [0.1, 0.15) is 6.10 Å². The molecule has 2 fully saturated rings. The summed E-state index contributed by atoms with van der Waals surface area (Å²) < 4.78 is 0. The molecule has 0 bridgehead atoms. The lowest BCUT2D eigenvalue weighted by atomic mass is 9.80. The van der Waals surface area contributed by atoms with E-state index in [9.17, 15) is 15.0 Å². The summed E-state index contributed by atoms with van der Waals surface area (Å²) in [5.41, 5.74) is 2.11. The lowest BCUT2D eigenvalue weighted by Crippen LogP contribution is -2.55. The van der Waals surface area contributed by atoms with Crippen LogP contribution in [0.15, 0.2) is 29.3 Å². The highest BCUT2D eigenvalue weighted by Gasteiger charge is 2.51. The molecule has 146 valence electrons. The van der Waals surface area contributed by atoms with E-state index in [1.54, 1.807) is 0 Å². The normalized spacial score (nSPS) is 33.4. The number of amides is 1. The number of fused-ring (bicyclic) bond motifs is 1. The Morgan fingerprint density at radius 3 is 2.59 bits per heavy atom. The number of aliphatic imine (C=N–C) groups is 1. The first-order valence-electron chi connectivity index (χ1n) is 9.76. The van der Waals surface area contributed by atoms with E-state index in [0.717, 1.165) is 31.6 Å². The Morgan fingerprint density at radius 1 is 1.19 bits per heavy atom. The standard InChI is InChI=1S/C20H27N3O3S/c1-12-5-7-13(8-6-12)21-20-22-16-17(25)15(24)11-14(18(16)27-20)19(26)23-9-3-2-4-10-23/h5-8,14-18,24-25H,2-4,9-11H2,1H3,(H,21,22). The first-order valence-corrected chi connectivity index (χ1v) is 10.6. The Balaban J connectivity index is 1.50. The number of rotatable bonds is 2. The number of aliphatic hydroxyl groups excluding tert-OH is 2. The van der Waals surface area contributed by atoms with Crippen molar-refractivity contribution in [2.24, 2.45) is 10.9 Å². The maximum atomic E-state index is 13.1. The second-order valence-electron chi connectivity index (χ2n) is 7.78. The van der Waals surface area contributed by atoms with Crippen LogP contribution in [0.5, 0.6) is 0 Å². The molecule has 5 atom stereocenters. The maximum absolute atomic E-state index is 13.1. The number of nitrogens with zero attached hydrogens (tertiary/aromatic N) is 2. The van der Waals surface area contributed by atoms with Crippen LogP contribution in [0.25, 0.3) is 0 Å². The van der Waals surface area contributed by atoms with Gasteiger partial charge in [-0.05, 0) is 44.7 Å². The summed E-state index contributed by atoms with van der Waals surface area (Å²) in [6, 6.07) is 7.57. The quantitative estimate of drug-likeness (QED) is 0.720. The molecule has 2 heterocycles. The minimum atomic E-state index is -0.926. The number of aliphatic hydroxyl groups is 2. The average molecular weight is 390 g/mol. The third-order valence-electron chi connectivity index (χ3n) is 5.77. The van der Waals surface area contributed by atoms with Gasteiger partial charge in [0.2, 0.25) is 5.91 Å². The number of benzene rings is 1. The van der Waals surface area contributed by atoms with Crippen molar-refractivity contribution < 1.29 is 15.0 Å². The third-order valence-corrected chi connectivity index (χ3v) is 7.08. The van der Waals surface area contributed by atoms with Gasteiger partial charge < -0.3 is 20.4 Å². The predicted octanol–water partition coefficient (Wildman–Crippen LogP) is 2.00. The SMILES string of the molecule is Cc1ccc(NC2=NC3C(O)C(O)CC(C(=O)N4CCCCC4)C3S2)cc1. The first kappa shape index (κ1) is 18.8. The Morgan fingerprint density at radius 2 is 1.89 bits per heavy atom. The Labute approximate surface area is 164 Å². The molecule has 7 heteroatoms. The second kappa shape index (κ2) is 7.81. The summed E-state index contributed by atoms with van der Waals surface area (Å²) in [4.78, 5) is 19.7. The van der Waals surface area contributed by atoms with Crippen molar-refractivity contribution in [1.29, 1.82) is 0 Å². The molecule has 3 N–H and O–H groups in total. The smallest absolute Gasteiger partial charge is 0.226 e. The number of thioether (sulfide) groups is 1. The number of nitrogens with one attached hydrogen (secondary N) is 1. The molecule has 1 saturated heterocycles. The van der Waals surface area contributed by atoms with Crippen LogP contribution in [0, 0.1) is 12.8 Å². The van der Waals surface area contributed by atoms with E-state index in [4.69, 9.17) is 0 Å². The van der Waals surface area contributed by atoms with E-state index in [1.165, 1.54) is 23.7 Å². The van der Waals surface area contributed by atoms with E-state index in [2.05, 4.69) is 10.3 Å². The van der Waals surface area contributed by atoms with Crippen LogP contribution in [0.3, 0.4) is 0 Å². The number of carbonyl (C=O) groups excluding carboxylic acids is 1. The maximum Gasteiger partial charge on any atom is 0.226 e. The lowest BCUT2D eigenvalue weighted by Gasteiger charge is -2.40. The van der Waals surface area contributed by atoms with Crippen molar-refractivity contribution in [2.75, 3.05) is 18.4 Å². The van der Waals surface area contributed by atoms with Crippen LogP contribution in [-0.2, 0) is 4.79 Å². The van der Waals surface area contributed by atoms with Gasteiger partial charge >= 0.3 is 0 Å². The number of aryl methyl sites for hydroxylation is 1.